The van der Waals surface area contributed by atoms with Crippen LogP contribution < -0.4 is 11.2 Å². The smallest absolute Gasteiger partial charge is 0.325 e. The maximum absolute atomic E-state index is 11.5. The molecule has 4 atom stereocenters. The van der Waals surface area contributed by atoms with E-state index in [9.17, 15) is 19.8 Å². The largest absolute Gasteiger partial charge is 0.396 e. The first-order valence-corrected chi connectivity index (χ1v) is 5.33. The molecule has 0 aliphatic heterocycles. The molecule has 0 bridgehead atoms. The monoisotopic (exact) mass is 242 g/mol. The van der Waals surface area contributed by atoms with Crippen LogP contribution in [0.5, 0.6) is 0 Å². The Morgan fingerprint density at radius 3 is 2.53 bits per heavy atom. The molecule has 0 radical (unpaired) electrons. The summed E-state index contributed by atoms with van der Waals surface area (Å²) in [5, 5.41) is 28.5. The molecule has 5 N–H and O–H groups in total. The molecule has 1 unspecified atom stereocenters. The van der Waals surface area contributed by atoms with E-state index >= 15 is 0 Å². The number of nitrogens with one attached hydrogen (secondary N) is 2. The molecule has 1 aliphatic rings. The summed E-state index contributed by atoms with van der Waals surface area (Å²) in [6.07, 6.45) is -0.634. The van der Waals surface area contributed by atoms with Crippen molar-refractivity contribution in [2.24, 2.45) is 5.92 Å². The molecular formula is C10H14N2O5. The van der Waals surface area contributed by atoms with Gasteiger partial charge in [-0.2, -0.15) is 0 Å². The lowest BCUT2D eigenvalue weighted by molar-refractivity contribution is 0.00219. The summed E-state index contributed by atoms with van der Waals surface area (Å²) in [6.45, 7) is -0.254. The van der Waals surface area contributed by atoms with Crippen LogP contribution in [0.3, 0.4) is 0 Å². The number of hydrogen-bond acceptors (Lipinski definition) is 5. The number of H-pyrrole nitrogens is 2. The highest BCUT2D eigenvalue weighted by Gasteiger charge is 2.42. The quantitative estimate of drug-likeness (QED) is 0.405. The van der Waals surface area contributed by atoms with Crippen LogP contribution in [0, 0.1) is 5.92 Å². The van der Waals surface area contributed by atoms with Crippen LogP contribution >= 0.6 is 0 Å². The first kappa shape index (κ1) is 12.0. The van der Waals surface area contributed by atoms with Gasteiger partial charge in [-0.3, -0.25) is 9.78 Å². The van der Waals surface area contributed by atoms with E-state index in [1.165, 1.54) is 6.20 Å². The normalized spacial score (nSPS) is 32.9. The third-order valence-corrected chi connectivity index (χ3v) is 3.28. The van der Waals surface area contributed by atoms with Crippen molar-refractivity contribution in [1.29, 1.82) is 0 Å². The van der Waals surface area contributed by atoms with Crippen LogP contribution in [0.4, 0.5) is 0 Å². The van der Waals surface area contributed by atoms with Crippen molar-refractivity contribution in [3.63, 3.8) is 0 Å². The summed E-state index contributed by atoms with van der Waals surface area (Å²) in [5.41, 5.74) is -0.985. The van der Waals surface area contributed by atoms with Crippen molar-refractivity contribution in [3.05, 3.63) is 32.6 Å². The van der Waals surface area contributed by atoms with Gasteiger partial charge in [0.25, 0.3) is 5.56 Å². The molecule has 1 heterocycles. The minimum Gasteiger partial charge on any atom is -0.396 e. The van der Waals surface area contributed by atoms with Gasteiger partial charge in [0.05, 0.1) is 12.2 Å². The fourth-order valence-electron chi connectivity index (χ4n) is 2.31. The molecule has 7 heteroatoms. The van der Waals surface area contributed by atoms with Gasteiger partial charge in [0, 0.05) is 30.2 Å². The molecule has 0 amide bonds. The SMILES string of the molecule is O=c1[nH]cc([C@@H]2C[C@H](CO)C(O)[C@@H]2O)c(=O)[nH]1. The zero-order valence-electron chi connectivity index (χ0n) is 8.96. The van der Waals surface area contributed by atoms with E-state index in [0.29, 0.717) is 6.42 Å². The van der Waals surface area contributed by atoms with Crippen molar-refractivity contribution >= 4 is 0 Å². The van der Waals surface area contributed by atoms with E-state index in [2.05, 4.69) is 9.97 Å². The van der Waals surface area contributed by atoms with Gasteiger partial charge in [-0.1, -0.05) is 0 Å². The van der Waals surface area contributed by atoms with E-state index in [1.807, 2.05) is 0 Å². The Morgan fingerprint density at radius 1 is 1.29 bits per heavy atom. The fourth-order valence-corrected chi connectivity index (χ4v) is 2.31. The van der Waals surface area contributed by atoms with Crippen LogP contribution in [-0.2, 0) is 0 Å². The van der Waals surface area contributed by atoms with Crippen LogP contribution in [0.2, 0.25) is 0 Å². The van der Waals surface area contributed by atoms with E-state index < -0.39 is 35.3 Å². The minimum atomic E-state index is -1.11. The van der Waals surface area contributed by atoms with Gasteiger partial charge in [-0.05, 0) is 6.42 Å². The maximum atomic E-state index is 11.5. The van der Waals surface area contributed by atoms with Gasteiger partial charge >= 0.3 is 5.69 Å². The molecule has 1 aromatic heterocycles. The van der Waals surface area contributed by atoms with Gasteiger partial charge in [0.15, 0.2) is 0 Å². The lowest BCUT2D eigenvalue weighted by Crippen LogP contribution is -2.32. The minimum absolute atomic E-state index is 0.215. The van der Waals surface area contributed by atoms with Gasteiger partial charge in [0.2, 0.25) is 0 Å². The summed E-state index contributed by atoms with van der Waals surface area (Å²) < 4.78 is 0. The predicted octanol–water partition coefficient (Wildman–Crippen LogP) is -2.12. The highest BCUT2D eigenvalue weighted by atomic mass is 16.3. The first-order valence-electron chi connectivity index (χ1n) is 5.33. The molecule has 1 fully saturated rings. The van der Waals surface area contributed by atoms with E-state index in [1.54, 1.807) is 0 Å². The zero-order chi connectivity index (χ0) is 12.6. The van der Waals surface area contributed by atoms with E-state index in [0.717, 1.165) is 0 Å². The number of aromatic nitrogens is 2. The summed E-state index contributed by atoms with van der Waals surface area (Å²) in [5.74, 6) is -1.04. The Hall–Kier alpha value is -1.44. The molecule has 17 heavy (non-hydrogen) atoms. The second kappa shape index (κ2) is 4.44. The van der Waals surface area contributed by atoms with Crippen molar-refractivity contribution in [3.8, 4) is 0 Å². The van der Waals surface area contributed by atoms with Crippen LogP contribution in [0.25, 0.3) is 0 Å². The number of aliphatic hydroxyl groups excluding tert-OH is 3. The zero-order valence-corrected chi connectivity index (χ0v) is 8.96. The van der Waals surface area contributed by atoms with Gasteiger partial charge in [0.1, 0.15) is 0 Å². The Labute approximate surface area is 95.8 Å². The van der Waals surface area contributed by atoms with Crippen molar-refractivity contribution in [1.82, 2.24) is 9.97 Å². The molecule has 1 aromatic rings. The molecule has 2 rings (SSSR count). The lowest BCUT2D eigenvalue weighted by atomic mass is 9.97. The summed E-state index contributed by atoms with van der Waals surface area (Å²) in [4.78, 5) is 26.8. The predicted molar refractivity (Wildman–Crippen MR) is 57.6 cm³/mol. The highest BCUT2D eigenvalue weighted by molar-refractivity contribution is 5.17. The average molecular weight is 242 g/mol. The van der Waals surface area contributed by atoms with Crippen LogP contribution in [0.15, 0.2) is 15.8 Å². The van der Waals surface area contributed by atoms with E-state index in [4.69, 9.17) is 5.11 Å². The second-order valence-corrected chi connectivity index (χ2v) is 4.29. The van der Waals surface area contributed by atoms with Crippen LogP contribution in [-0.4, -0.2) is 44.1 Å². The molecule has 0 spiro atoms. The Kier molecular flexibility index (Phi) is 3.14. The summed E-state index contributed by atoms with van der Waals surface area (Å²) in [7, 11) is 0. The van der Waals surface area contributed by atoms with Gasteiger partial charge < -0.3 is 20.3 Å². The van der Waals surface area contributed by atoms with Gasteiger partial charge in [-0.15, -0.1) is 0 Å². The number of aliphatic hydroxyl groups is 3. The number of hydrogen-bond donors (Lipinski definition) is 5. The fraction of sp³-hybridized carbons (Fsp3) is 0.600. The lowest BCUT2D eigenvalue weighted by Gasteiger charge is -2.15. The molecule has 1 aliphatic carbocycles. The first-order chi connectivity index (χ1) is 8.04. The second-order valence-electron chi connectivity index (χ2n) is 4.29. The third kappa shape index (κ3) is 2.04. The number of rotatable bonds is 2. The van der Waals surface area contributed by atoms with Crippen molar-refractivity contribution in [2.75, 3.05) is 6.61 Å². The third-order valence-electron chi connectivity index (χ3n) is 3.28. The Morgan fingerprint density at radius 2 is 2.00 bits per heavy atom. The Balaban J connectivity index is 2.35. The van der Waals surface area contributed by atoms with Crippen LogP contribution in [0.1, 0.15) is 17.9 Å². The standard InChI is InChI=1S/C10H14N2O5/c13-3-4-1-5(8(15)7(4)14)6-2-11-10(17)12-9(6)16/h2,4-5,7-8,13-15H,1,3H2,(H2,11,12,16,17)/t4-,5+,7?,8-/m1/s1. The summed E-state index contributed by atoms with van der Waals surface area (Å²) >= 11 is 0. The molecule has 94 valence electrons. The van der Waals surface area contributed by atoms with E-state index in [-0.39, 0.29) is 12.2 Å². The summed E-state index contributed by atoms with van der Waals surface area (Å²) in [6, 6.07) is 0. The van der Waals surface area contributed by atoms with Crippen molar-refractivity contribution < 1.29 is 15.3 Å². The average Bonchev–Trinajstić information content (AvgIpc) is 2.57. The molecular weight excluding hydrogens is 228 g/mol. The maximum Gasteiger partial charge on any atom is 0.325 e. The molecule has 0 saturated heterocycles. The Bertz CT molecular complexity index is 508. The van der Waals surface area contributed by atoms with Crippen molar-refractivity contribution in [2.45, 2.75) is 24.5 Å². The molecule has 7 nitrogen and oxygen atoms in total. The number of aromatic amines is 2. The topological polar surface area (TPSA) is 126 Å². The van der Waals surface area contributed by atoms with Gasteiger partial charge in [-0.25, -0.2) is 4.79 Å². The molecule has 1 saturated carbocycles. The molecule has 0 aromatic carbocycles. The highest BCUT2D eigenvalue weighted by Crippen LogP contribution is 2.36.